The Bertz CT molecular complexity index is 411. The van der Waals surface area contributed by atoms with Crippen LogP contribution in [0.3, 0.4) is 0 Å². The van der Waals surface area contributed by atoms with Gasteiger partial charge < -0.3 is 4.90 Å². The van der Waals surface area contributed by atoms with Gasteiger partial charge in [-0.15, -0.1) is 0 Å². The number of hydrogen-bond acceptors (Lipinski definition) is 2. The van der Waals surface area contributed by atoms with Crippen molar-refractivity contribution < 1.29 is 4.79 Å². The summed E-state index contributed by atoms with van der Waals surface area (Å²) in [7, 11) is 0. The van der Waals surface area contributed by atoms with Gasteiger partial charge in [0.05, 0.1) is 0 Å². The average molecular weight is 231 g/mol. The highest BCUT2D eigenvalue weighted by Gasteiger charge is 2.19. The number of nitrogens with zero attached hydrogens (tertiary/aromatic N) is 1. The molecule has 0 aromatic heterocycles. The summed E-state index contributed by atoms with van der Waals surface area (Å²) in [6.07, 6.45) is 4.92. The molecule has 92 valence electrons. The quantitative estimate of drug-likeness (QED) is 0.571. The molecule has 0 saturated carbocycles. The van der Waals surface area contributed by atoms with Crippen molar-refractivity contribution in [2.24, 2.45) is 0 Å². The molecule has 1 heterocycles. The smallest absolute Gasteiger partial charge is 0.159 e. The molecule has 1 aliphatic heterocycles. The maximum absolute atomic E-state index is 11.3. The summed E-state index contributed by atoms with van der Waals surface area (Å²) in [5.41, 5.74) is 3.53. The van der Waals surface area contributed by atoms with Crippen LogP contribution in [-0.4, -0.2) is 18.9 Å². The molecule has 0 bridgehead atoms. The van der Waals surface area contributed by atoms with Crippen molar-refractivity contribution in [3.63, 3.8) is 0 Å². The van der Waals surface area contributed by atoms with Crippen molar-refractivity contribution in [1.29, 1.82) is 0 Å². The van der Waals surface area contributed by atoms with Crippen molar-refractivity contribution in [3.05, 3.63) is 29.3 Å². The maximum Gasteiger partial charge on any atom is 0.159 e. The minimum atomic E-state index is 0.164. The van der Waals surface area contributed by atoms with Gasteiger partial charge >= 0.3 is 0 Å². The van der Waals surface area contributed by atoms with Crippen molar-refractivity contribution in [1.82, 2.24) is 0 Å². The largest absolute Gasteiger partial charge is 0.371 e. The summed E-state index contributed by atoms with van der Waals surface area (Å²) < 4.78 is 0. The van der Waals surface area contributed by atoms with E-state index in [9.17, 15) is 4.79 Å². The number of benzene rings is 1. The van der Waals surface area contributed by atoms with Crippen LogP contribution in [0.25, 0.3) is 0 Å². The van der Waals surface area contributed by atoms with Crippen LogP contribution in [-0.2, 0) is 6.42 Å². The Morgan fingerprint density at radius 2 is 2.18 bits per heavy atom. The molecule has 0 amide bonds. The van der Waals surface area contributed by atoms with Gasteiger partial charge in [0.2, 0.25) is 0 Å². The molecular formula is C15H21NO. The molecule has 0 unspecified atom stereocenters. The summed E-state index contributed by atoms with van der Waals surface area (Å²) in [6.45, 7) is 6.13. The lowest BCUT2D eigenvalue weighted by atomic mass is 10.1. The van der Waals surface area contributed by atoms with Crippen molar-refractivity contribution >= 4 is 11.5 Å². The minimum Gasteiger partial charge on any atom is -0.371 e. The molecule has 2 rings (SSSR count). The Morgan fingerprint density at radius 1 is 1.35 bits per heavy atom. The Labute approximate surface area is 104 Å². The summed E-state index contributed by atoms with van der Waals surface area (Å²) in [4.78, 5) is 13.8. The third kappa shape index (κ3) is 2.68. The number of unbranched alkanes of at least 4 members (excludes halogenated alkanes) is 2. The second-order valence-corrected chi connectivity index (χ2v) is 4.84. The minimum absolute atomic E-state index is 0.164. The highest BCUT2D eigenvalue weighted by atomic mass is 16.1. The van der Waals surface area contributed by atoms with Crippen LogP contribution in [0, 0.1) is 0 Å². The Morgan fingerprint density at radius 3 is 2.88 bits per heavy atom. The molecule has 0 aliphatic carbocycles. The molecule has 0 saturated heterocycles. The molecule has 17 heavy (non-hydrogen) atoms. The van der Waals surface area contributed by atoms with E-state index in [-0.39, 0.29) is 5.78 Å². The lowest BCUT2D eigenvalue weighted by Gasteiger charge is -2.19. The molecule has 0 atom stereocenters. The SMILES string of the molecule is CCCCCN1CCc2cc(C(C)=O)ccc21. The van der Waals surface area contributed by atoms with E-state index < -0.39 is 0 Å². The number of carbonyl (C=O) groups is 1. The Hall–Kier alpha value is -1.31. The summed E-state index contributed by atoms with van der Waals surface area (Å²) in [5.74, 6) is 0.164. The second-order valence-electron chi connectivity index (χ2n) is 4.84. The number of fused-ring (bicyclic) bond motifs is 1. The molecule has 0 spiro atoms. The lowest BCUT2D eigenvalue weighted by Crippen LogP contribution is -2.21. The monoisotopic (exact) mass is 231 g/mol. The number of ketones is 1. The standard InChI is InChI=1S/C15H21NO/c1-3-4-5-9-16-10-8-14-11-13(12(2)17)6-7-15(14)16/h6-7,11H,3-5,8-10H2,1-2H3. The molecule has 2 heteroatoms. The van der Waals surface area contributed by atoms with Crippen LogP contribution < -0.4 is 4.90 Å². The normalized spacial score (nSPS) is 13.9. The number of hydrogen-bond donors (Lipinski definition) is 0. The first-order chi connectivity index (χ1) is 8.22. The van der Waals surface area contributed by atoms with Gasteiger partial charge in [-0.2, -0.15) is 0 Å². The molecule has 0 fully saturated rings. The van der Waals surface area contributed by atoms with Gasteiger partial charge in [-0.05, 0) is 43.5 Å². The predicted molar refractivity (Wildman–Crippen MR) is 71.9 cm³/mol. The van der Waals surface area contributed by atoms with E-state index in [1.165, 1.54) is 30.5 Å². The van der Waals surface area contributed by atoms with E-state index in [1.807, 2.05) is 6.07 Å². The van der Waals surface area contributed by atoms with Gasteiger partial charge in [-0.25, -0.2) is 0 Å². The van der Waals surface area contributed by atoms with Gasteiger partial charge in [0.1, 0.15) is 0 Å². The van der Waals surface area contributed by atoms with E-state index in [2.05, 4.69) is 24.0 Å². The molecule has 1 aliphatic rings. The van der Waals surface area contributed by atoms with Crippen LogP contribution >= 0.6 is 0 Å². The van der Waals surface area contributed by atoms with E-state index in [1.54, 1.807) is 6.92 Å². The van der Waals surface area contributed by atoms with Crippen LogP contribution in [0.5, 0.6) is 0 Å². The highest BCUT2D eigenvalue weighted by molar-refractivity contribution is 5.94. The van der Waals surface area contributed by atoms with Crippen molar-refractivity contribution in [2.75, 3.05) is 18.0 Å². The summed E-state index contributed by atoms with van der Waals surface area (Å²) in [6, 6.07) is 6.14. The van der Waals surface area contributed by atoms with E-state index in [0.717, 1.165) is 25.1 Å². The zero-order valence-electron chi connectivity index (χ0n) is 10.8. The molecule has 0 N–H and O–H groups in total. The molecule has 1 aromatic rings. The molecule has 0 radical (unpaired) electrons. The van der Waals surface area contributed by atoms with Crippen molar-refractivity contribution in [2.45, 2.75) is 39.5 Å². The van der Waals surface area contributed by atoms with Crippen LogP contribution in [0.1, 0.15) is 49.0 Å². The first-order valence-corrected chi connectivity index (χ1v) is 6.61. The molecular weight excluding hydrogens is 210 g/mol. The van der Waals surface area contributed by atoms with Crippen LogP contribution in [0.4, 0.5) is 5.69 Å². The third-order valence-electron chi connectivity index (χ3n) is 3.51. The van der Waals surface area contributed by atoms with Crippen LogP contribution in [0.2, 0.25) is 0 Å². The van der Waals surface area contributed by atoms with E-state index >= 15 is 0 Å². The Balaban J connectivity index is 2.08. The topological polar surface area (TPSA) is 20.3 Å². The fraction of sp³-hybridized carbons (Fsp3) is 0.533. The molecule has 1 aromatic carbocycles. The number of carbonyl (C=O) groups excluding carboxylic acids is 1. The third-order valence-corrected chi connectivity index (χ3v) is 3.51. The zero-order valence-corrected chi connectivity index (χ0v) is 10.8. The fourth-order valence-electron chi connectivity index (χ4n) is 2.47. The first-order valence-electron chi connectivity index (χ1n) is 6.61. The van der Waals surface area contributed by atoms with Gasteiger partial charge in [-0.3, -0.25) is 4.79 Å². The van der Waals surface area contributed by atoms with Gasteiger partial charge in [0.15, 0.2) is 5.78 Å². The Kier molecular flexibility index (Phi) is 3.82. The van der Waals surface area contributed by atoms with Gasteiger partial charge in [0, 0.05) is 24.3 Å². The van der Waals surface area contributed by atoms with Gasteiger partial charge in [-0.1, -0.05) is 19.8 Å². The fourth-order valence-corrected chi connectivity index (χ4v) is 2.47. The summed E-state index contributed by atoms with van der Waals surface area (Å²) >= 11 is 0. The highest BCUT2D eigenvalue weighted by Crippen LogP contribution is 2.29. The first kappa shape index (κ1) is 12.2. The lowest BCUT2D eigenvalue weighted by molar-refractivity contribution is 0.101. The second kappa shape index (κ2) is 5.35. The van der Waals surface area contributed by atoms with Gasteiger partial charge in [0.25, 0.3) is 0 Å². The number of Topliss-reactive ketones (excluding diaryl/α,β-unsaturated/α-hetero) is 1. The molecule has 2 nitrogen and oxygen atoms in total. The maximum atomic E-state index is 11.3. The summed E-state index contributed by atoms with van der Waals surface area (Å²) in [5, 5.41) is 0. The van der Waals surface area contributed by atoms with E-state index in [0.29, 0.717) is 0 Å². The number of anilines is 1. The average Bonchev–Trinajstić information content (AvgIpc) is 2.72. The van der Waals surface area contributed by atoms with Crippen molar-refractivity contribution in [3.8, 4) is 0 Å². The predicted octanol–water partition coefficient (Wildman–Crippen LogP) is 3.44. The zero-order chi connectivity index (χ0) is 12.3. The number of rotatable bonds is 5. The van der Waals surface area contributed by atoms with Crippen LogP contribution in [0.15, 0.2) is 18.2 Å². The van der Waals surface area contributed by atoms with E-state index in [4.69, 9.17) is 0 Å².